The van der Waals surface area contributed by atoms with Crippen molar-refractivity contribution in [1.29, 1.82) is 0 Å². The maximum atomic E-state index is 13.2. The fourth-order valence-corrected chi connectivity index (χ4v) is 5.28. The summed E-state index contributed by atoms with van der Waals surface area (Å²) in [5.74, 6) is 1.91. The largest absolute Gasteiger partial charge is 0.486 e. The lowest BCUT2D eigenvalue weighted by Gasteiger charge is -2.26. The van der Waals surface area contributed by atoms with Gasteiger partial charge in [0, 0.05) is 6.54 Å². The van der Waals surface area contributed by atoms with Crippen LogP contribution in [0.15, 0.2) is 47.6 Å². The molecule has 1 fully saturated rings. The van der Waals surface area contributed by atoms with Crippen molar-refractivity contribution < 1.29 is 14.3 Å². The van der Waals surface area contributed by atoms with Crippen LogP contribution in [-0.2, 0) is 11.2 Å². The highest BCUT2D eigenvalue weighted by Crippen LogP contribution is 2.38. The lowest BCUT2D eigenvalue weighted by molar-refractivity contribution is -0.129. The van der Waals surface area contributed by atoms with E-state index in [1.165, 1.54) is 30.2 Å². The Balaban J connectivity index is 1.24. The number of carbonyl (C=O) groups excluding carboxylic acids is 1. The monoisotopic (exact) mass is 479 g/mol. The Bertz CT molecular complexity index is 1130. The summed E-state index contributed by atoms with van der Waals surface area (Å²) in [6.45, 7) is 4.07. The molecule has 178 valence electrons. The number of likely N-dealkylation sites (tertiary alicyclic amines) is 1. The minimum Gasteiger partial charge on any atom is -0.486 e. The van der Waals surface area contributed by atoms with Gasteiger partial charge >= 0.3 is 0 Å². The molecule has 1 atom stereocenters. The lowest BCUT2D eigenvalue weighted by Crippen LogP contribution is -2.32. The van der Waals surface area contributed by atoms with Crippen molar-refractivity contribution in [3.63, 3.8) is 0 Å². The maximum absolute atomic E-state index is 13.2. The Morgan fingerprint density at radius 2 is 1.94 bits per heavy atom. The fraction of sp³-hybridized carbons (Fsp3) is 0.440. The summed E-state index contributed by atoms with van der Waals surface area (Å²) in [6, 6.07) is 14.4. The number of amides is 1. The number of fused-ring (bicyclic) bond motifs is 1. The molecule has 1 amide bonds. The zero-order valence-electron chi connectivity index (χ0n) is 19.4. The molecule has 5 rings (SSSR count). The van der Waals surface area contributed by atoms with Crippen molar-refractivity contribution in [2.24, 2.45) is 0 Å². The number of aromatic nitrogens is 4. The second-order valence-corrected chi connectivity index (χ2v) is 9.52. The van der Waals surface area contributed by atoms with Crippen LogP contribution in [0.3, 0.4) is 0 Å². The Morgan fingerprint density at radius 3 is 2.76 bits per heavy atom. The normalized spacial score (nSPS) is 17.2. The zero-order chi connectivity index (χ0) is 23.3. The van der Waals surface area contributed by atoms with Crippen LogP contribution in [0.4, 0.5) is 0 Å². The van der Waals surface area contributed by atoms with E-state index in [4.69, 9.17) is 9.47 Å². The molecule has 0 saturated carbocycles. The molecule has 3 heterocycles. The third-order valence-corrected chi connectivity index (χ3v) is 7.19. The van der Waals surface area contributed by atoms with Crippen molar-refractivity contribution in [2.45, 2.75) is 50.2 Å². The summed E-state index contributed by atoms with van der Waals surface area (Å²) < 4.78 is 13.1. The van der Waals surface area contributed by atoms with Gasteiger partial charge in [-0.2, -0.15) is 4.68 Å². The highest BCUT2D eigenvalue weighted by molar-refractivity contribution is 7.99. The van der Waals surface area contributed by atoms with Crippen molar-refractivity contribution in [2.75, 3.05) is 25.5 Å². The number of benzene rings is 2. The summed E-state index contributed by atoms with van der Waals surface area (Å²) in [5.41, 5.74) is 3.30. The third kappa shape index (κ3) is 4.89. The second kappa shape index (κ2) is 10.5. The van der Waals surface area contributed by atoms with E-state index in [0.29, 0.717) is 18.4 Å². The number of carbonyl (C=O) groups is 1. The van der Waals surface area contributed by atoms with E-state index < -0.39 is 0 Å². The van der Waals surface area contributed by atoms with Gasteiger partial charge in [-0.25, -0.2) is 0 Å². The van der Waals surface area contributed by atoms with Gasteiger partial charge in [0.2, 0.25) is 11.1 Å². The smallest absolute Gasteiger partial charge is 0.233 e. The molecule has 0 aliphatic carbocycles. The first-order valence-corrected chi connectivity index (χ1v) is 12.9. The van der Waals surface area contributed by atoms with Gasteiger partial charge in [0.1, 0.15) is 13.2 Å². The molecule has 2 aliphatic rings. The second-order valence-electron chi connectivity index (χ2n) is 8.58. The molecule has 2 aliphatic heterocycles. The number of unbranched alkanes of at least 4 members (excludes halogenated alkanes) is 1. The van der Waals surface area contributed by atoms with Crippen LogP contribution in [0.5, 0.6) is 11.5 Å². The van der Waals surface area contributed by atoms with Gasteiger partial charge in [0.25, 0.3) is 0 Å². The average molecular weight is 480 g/mol. The van der Waals surface area contributed by atoms with E-state index in [1.807, 2.05) is 35.2 Å². The van der Waals surface area contributed by atoms with E-state index in [1.54, 1.807) is 4.68 Å². The van der Waals surface area contributed by atoms with Crippen LogP contribution in [-0.4, -0.2) is 56.5 Å². The van der Waals surface area contributed by atoms with Gasteiger partial charge in [-0.05, 0) is 71.5 Å². The Morgan fingerprint density at radius 1 is 1.12 bits per heavy atom. The highest BCUT2D eigenvalue weighted by atomic mass is 32.2. The van der Waals surface area contributed by atoms with Gasteiger partial charge in [0.15, 0.2) is 11.5 Å². The minimum absolute atomic E-state index is 0.0515. The highest BCUT2D eigenvalue weighted by Gasteiger charge is 2.31. The van der Waals surface area contributed by atoms with E-state index in [2.05, 4.69) is 34.6 Å². The molecule has 0 N–H and O–H groups in total. The molecule has 0 radical (unpaired) electrons. The summed E-state index contributed by atoms with van der Waals surface area (Å²) in [5, 5.41) is 12.7. The Kier molecular flexibility index (Phi) is 6.99. The number of tetrazole rings is 1. The zero-order valence-corrected chi connectivity index (χ0v) is 20.2. The van der Waals surface area contributed by atoms with Gasteiger partial charge in [-0.15, -0.1) is 5.10 Å². The number of nitrogens with zero attached hydrogens (tertiary/aromatic N) is 5. The first-order chi connectivity index (χ1) is 16.7. The molecule has 0 spiro atoms. The van der Waals surface area contributed by atoms with Crippen molar-refractivity contribution >= 4 is 17.7 Å². The molecule has 9 heteroatoms. The van der Waals surface area contributed by atoms with Crippen LogP contribution in [0.25, 0.3) is 5.69 Å². The lowest BCUT2D eigenvalue weighted by atomic mass is 10.0. The molecule has 0 bridgehead atoms. The molecule has 1 saturated heterocycles. The van der Waals surface area contributed by atoms with Crippen LogP contribution >= 0.6 is 11.8 Å². The molecule has 34 heavy (non-hydrogen) atoms. The van der Waals surface area contributed by atoms with Gasteiger partial charge < -0.3 is 14.4 Å². The molecule has 1 aromatic heterocycles. The van der Waals surface area contributed by atoms with E-state index in [-0.39, 0.29) is 17.7 Å². The van der Waals surface area contributed by atoms with Crippen LogP contribution < -0.4 is 9.47 Å². The van der Waals surface area contributed by atoms with Crippen LogP contribution in [0.1, 0.15) is 49.8 Å². The van der Waals surface area contributed by atoms with Gasteiger partial charge in [0.05, 0.1) is 17.5 Å². The van der Waals surface area contributed by atoms with Gasteiger partial charge in [-0.1, -0.05) is 43.3 Å². The van der Waals surface area contributed by atoms with Crippen molar-refractivity contribution in [3.8, 4) is 17.2 Å². The summed E-state index contributed by atoms with van der Waals surface area (Å²) >= 11 is 1.37. The molecule has 3 aromatic rings. The predicted molar refractivity (Wildman–Crippen MR) is 130 cm³/mol. The number of ether oxygens (including phenoxy) is 2. The van der Waals surface area contributed by atoms with Crippen LogP contribution in [0.2, 0.25) is 0 Å². The number of thioether (sulfide) groups is 1. The quantitative estimate of drug-likeness (QED) is 0.447. The maximum Gasteiger partial charge on any atom is 0.233 e. The number of rotatable bonds is 8. The molecule has 8 nitrogen and oxygen atoms in total. The Hall–Kier alpha value is -3.07. The SMILES string of the molecule is CCCCc1ccc(-n2nnnc2SCC(=O)N2CCCC2c2ccc3c(c2)OCCO3)cc1. The fourth-order valence-electron chi connectivity index (χ4n) is 4.50. The van der Waals surface area contributed by atoms with Crippen LogP contribution in [0, 0.1) is 0 Å². The molecular formula is C25H29N5O3S. The summed E-state index contributed by atoms with van der Waals surface area (Å²) in [4.78, 5) is 15.1. The summed E-state index contributed by atoms with van der Waals surface area (Å²) in [6.07, 6.45) is 5.35. The van der Waals surface area contributed by atoms with Crippen molar-refractivity contribution in [3.05, 3.63) is 53.6 Å². The summed E-state index contributed by atoms with van der Waals surface area (Å²) in [7, 11) is 0. The number of hydrogen-bond donors (Lipinski definition) is 0. The Labute approximate surface area is 203 Å². The average Bonchev–Trinajstić information content (AvgIpc) is 3.56. The van der Waals surface area contributed by atoms with Crippen molar-refractivity contribution in [1.82, 2.24) is 25.1 Å². The van der Waals surface area contributed by atoms with E-state index in [9.17, 15) is 4.79 Å². The predicted octanol–water partition coefficient (Wildman–Crippen LogP) is 4.23. The minimum atomic E-state index is 0.0515. The first-order valence-electron chi connectivity index (χ1n) is 11.9. The number of hydrogen-bond acceptors (Lipinski definition) is 7. The topological polar surface area (TPSA) is 82.4 Å². The van der Waals surface area contributed by atoms with E-state index in [0.717, 1.165) is 48.6 Å². The third-order valence-electron chi connectivity index (χ3n) is 6.29. The molecule has 2 aromatic carbocycles. The first kappa shape index (κ1) is 22.7. The molecule has 1 unspecified atom stereocenters. The molecular weight excluding hydrogens is 450 g/mol. The number of aryl methyl sites for hydroxylation is 1. The van der Waals surface area contributed by atoms with E-state index >= 15 is 0 Å². The standard InChI is InChI=1S/C25H29N5O3S/c1-2-3-5-18-7-10-20(11-8-18)30-25(26-27-28-30)34-17-24(31)29-13-4-6-21(29)19-9-12-22-23(16-19)33-15-14-32-22/h7-12,16,21H,2-6,13-15,17H2,1H3. The van der Waals surface area contributed by atoms with Gasteiger partial charge in [-0.3, -0.25) is 4.79 Å².